The van der Waals surface area contributed by atoms with Gasteiger partial charge in [0.25, 0.3) is 0 Å². The van der Waals surface area contributed by atoms with Gasteiger partial charge in [0, 0.05) is 11.1 Å². The molecule has 0 unspecified atom stereocenters. The number of benzene rings is 3. The summed E-state index contributed by atoms with van der Waals surface area (Å²) in [4.78, 5) is 11.6. The van der Waals surface area contributed by atoms with Gasteiger partial charge in [0.2, 0.25) is 0 Å². The average molecular weight is 537 g/mol. The maximum atomic E-state index is 15.2. The molecule has 0 heterocycles. The van der Waals surface area contributed by atoms with Gasteiger partial charge < -0.3 is 9.84 Å². The summed E-state index contributed by atoms with van der Waals surface area (Å²) in [6.07, 6.45) is 5.17. The highest BCUT2D eigenvalue weighted by Crippen LogP contribution is 2.32. The molecule has 0 fully saturated rings. The lowest BCUT2D eigenvalue weighted by Gasteiger charge is -2.23. The first-order valence-corrected chi connectivity index (χ1v) is 16.5. The lowest BCUT2D eigenvalue weighted by atomic mass is 9.97. The minimum Gasteiger partial charge on any atom is -0.462 e. The predicted molar refractivity (Wildman–Crippen MR) is 154 cm³/mol. The van der Waals surface area contributed by atoms with Crippen LogP contribution in [-0.4, -0.2) is 32.4 Å². The van der Waals surface area contributed by atoms with E-state index >= 15 is 8.78 Å². The molecule has 0 amide bonds. The van der Waals surface area contributed by atoms with Crippen molar-refractivity contribution in [3.8, 4) is 22.3 Å². The molecule has 0 aliphatic rings. The molecule has 0 radical (unpaired) electrons. The van der Waals surface area contributed by atoms with Crippen LogP contribution in [0.3, 0.4) is 0 Å². The van der Waals surface area contributed by atoms with Crippen LogP contribution in [0.1, 0.15) is 38.2 Å². The Morgan fingerprint density at radius 1 is 0.868 bits per heavy atom. The summed E-state index contributed by atoms with van der Waals surface area (Å²) in [7, 11) is -1.83. The molecule has 202 valence electrons. The van der Waals surface area contributed by atoms with Crippen LogP contribution in [0.15, 0.2) is 72.8 Å². The van der Waals surface area contributed by atoms with Crippen LogP contribution < -0.4 is 5.19 Å². The summed E-state index contributed by atoms with van der Waals surface area (Å²) < 4.78 is 35.4. The van der Waals surface area contributed by atoms with E-state index in [-0.39, 0.29) is 23.3 Å². The Hall–Kier alpha value is -3.09. The van der Waals surface area contributed by atoms with E-state index in [0.717, 1.165) is 18.9 Å². The Kier molecular flexibility index (Phi) is 10.6. The second-order valence-electron chi connectivity index (χ2n) is 10.4. The van der Waals surface area contributed by atoms with Gasteiger partial charge in [-0.05, 0) is 36.0 Å². The van der Waals surface area contributed by atoms with Crippen molar-refractivity contribution in [3.63, 3.8) is 0 Å². The molecular formula is C32H38F2O3Si. The van der Waals surface area contributed by atoms with Gasteiger partial charge in [-0.1, -0.05) is 111 Å². The highest BCUT2D eigenvalue weighted by molar-refractivity contribution is 6.89. The van der Waals surface area contributed by atoms with Crippen molar-refractivity contribution in [1.29, 1.82) is 0 Å². The number of ether oxygens (including phenoxy) is 1. The Labute approximate surface area is 226 Å². The first-order chi connectivity index (χ1) is 18.2. The molecule has 0 aliphatic heterocycles. The zero-order valence-electron chi connectivity index (χ0n) is 22.7. The van der Waals surface area contributed by atoms with Gasteiger partial charge in [0.1, 0.15) is 0 Å². The predicted octanol–water partition coefficient (Wildman–Crippen LogP) is 7.43. The number of hydrogen-bond acceptors (Lipinski definition) is 3. The van der Waals surface area contributed by atoms with Gasteiger partial charge >= 0.3 is 5.97 Å². The third kappa shape index (κ3) is 7.48. The zero-order valence-corrected chi connectivity index (χ0v) is 23.7. The average Bonchev–Trinajstić information content (AvgIpc) is 2.92. The van der Waals surface area contributed by atoms with Crippen molar-refractivity contribution in [2.24, 2.45) is 0 Å². The maximum Gasteiger partial charge on any atom is 0.335 e. The molecule has 6 heteroatoms. The molecule has 1 N–H and O–H groups in total. The highest BCUT2D eigenvalue weighted by Gasteiger charge is 2.24. The first kappa shape index (κ1) is 29.5. The standard InChI is InChI=1S/C32H38F2O3Si/c1-5-6-7-9-24-10-12-25(13-11-24)28-18-19-29(31(34)30(28)33)26-14-16-27(17-15-26)38(3,4)21-8-20-37-32(36)23(2)22-35/h10-19,35H,2,5-9,20-22H2,1,3-4H3. The topological polar surface area (TPSA) is 46.5 Å². The van der Waals surface area contributed by atoms with E-state index in [9.17, 15) is 4.79 Å². The maximum absolute atomic E-state index is 15.2. The fraction of sp³-hybridized carbons (Fsp3) is 0.344. The van der Waals surface area contributed by atoms with Crippen LogP contribution in [0, 0.1) is 11.6 Å². The number of rotatable bonds is 13. The molecule has 0 atom stereocenters. The minimum atomic E-state index is -1.83. The number of carbonyl (C=O) groups is 1. The quantitative estimate of drug-likeness (QED) is 0.107. The van der Waals surface area contributed by atoms with Gasteiger partial charge in [-0.2, -0.15) is 0 Å². The van der Waals surface area contributed by atoms with Crippen molar-refractivity contribution < 1.29 is 23.4 Å². The lowest BCUT2D eigenvalue weighted by Crippen LogP contribution is -2.41. The van der Waals surface area contributed by atoms with Crippen molar-refractivity contribution in [2.45, 2.75) is 58.2 Å². The fourth-order valence-electron chi connectivity index (χ4n) is 4.52. The molecule has 0 aromatic heterocycles. The molecular weight excluding hydrogens is 498 g/mol. The van der Waals surface area contributed by atoms with Gasteiger partial charge in [-0.15, -0.1) is 0 Å². The van der Waals surface area contributed by atoms with E-state index in [1.54, 1.807) is 12.1 Å². The van der Waals surface area contributed by atoms with Crippen LogP contribution in [0.4, 0.5) is 8.78 Å². The van der Waals surface area contributed by atoms with Crippen molar-refractivity contribution in [1.82, 2.24) is 0 Å². The molecule has 38 heavy (non-hydrogen) atoms. The van der Waals surface area contributed by atoms with Crippen LogP contribution >= 0.6 is 0 Å². The smallest absolute Gasteiger partial charge is 0.335 e. The minimum absolute atomic E-state index is 0.0458. The van der Waals surface area contributed by atoms with Gasteiger partial charge in [0.15, 0.2) is 11.6 Å². The molecule has 0 saturated heterocycles. The molecule has 0 saturated carbocycles. The van der Waals surface area contributed by atoms with E-state index in [1.165, 1.54) is 23.6 Å². The van der Waals surface area contributed by atoms with Crippen molar-refractivity contribution in [2.75, 3.05) is 13.2 Å². The third-order valence-electron chi connectivity index (χ3n) is 7.05. The zero-order chi connectivity index (χ0) is 27.7. The van der Waals surface area contributed by atoms with E-state index in [0.29, 0.717) is 17.5 Å². The normalized spacial score (nSPS) is 11.4. The fourth-order valence-corrected chi connectivity index (χ4v) is 6.90. The van der Waals surface area contributed by atoms with Gasteiger partial charge in [-0.3, -0.25) is 0 Å². The van der Waals surface area contributed by atoms with Crippen LogP contribution in [0.2, 0.25) is 19.1 Å². The molecule has 3 aromatic carbocycles. The number of hydrogen-bond donors (Lipinski definition) is 1. The summed E-state index contributed by atoms with van der Waals surface area (Å²) in [5, 5.41) is 10.1. The van der Waals surface area contributed by atoms with Gasteiger partial charge in [-0.25, -0.2) is 13.6 Å². The summed E-state index contributed by atoms with van der Waals surface area (Å²) >= 11 is 0. The number of aryl methyl sites for hydroxylation is 1. The van der Waals surface area contributed by atoms with Crippen LogP contribution in [0.25, 0.3) is 22.3 Å². The Morgan fingerprint density at radius 2 is 1.42 bits per heavy atom. The van der Waals surface area contributed by atoms with E-state index in [4.69, 9.17) is 9.84 Å². The molecule has 0 bridgehead atoms. The molecule has 0 aliphatic carbocycles. The first-order valence-electron chi connectivity index (χ1n) is 13.3. The Bertz CT molecular complexity index is 1230. The van der Waals surface area contributed by atoms with Gasteiger partial charge in [0.05, 0.1) is 26.9 Å². The summed E-state index contributed by atoms with van der Waals surface area (Å²) in [5.74, 6) is -2.25. The highest BCUT2D eigenvalue weighted by atomic mass is 28.3. The summed E-state index contributed by atoms with van der Waals surface area (Å²) in [6, 6.07) is 19.6. The Morgan fingerprint density at radius 3 is 1.95 bits per heavy atom. The number of aliphatic hydroxyl groups excluding tert-OH is 1. The van der Waals surface area contributed by atoms with Crippen LogP contribution in [-0.2, 0) is 16.0 Å². The molecule has 3 rings (SSSR count). The Balaban J connectivity index is 1.68. The summed E-state index contributed by atoms with van der Waals surface area (Å²) in [6.45, 7) is 9.94. The largest absolute Gasteiger partial charge is 0.462 e. The number of aliphatic hydroxyl groups is 1. The van der Waals surface area contributed by atoms with Crippen molar-refractivity contribution >= 4 is 19.2 Å². The molecule has 0 spiro atoms. The number of esters is 1. The summed E-state index contributed by atoms with van der Waals surface area (Å²) in [5.41, 5.74) is 3.06. The SMILES string of the molecule is C=C(CO)C(=O)OCCC[Si](C)(C)c1ccc(-c2ccc(-c3ccc(CCCCC)cc3)c(F)c2F)cc1. The van der Waals surface area contributed by atoms with Crippen molar-refractivity contribution in [3.05, 3.63) is 90.0 Å². The van der Waals surface area contributed by atoms with Crippen LogP contribution in [0.5, 0.6) is 0 Å². The number of unbranched alkanes of at least 4 members (excludes halogenated alkanes) is 2. The second-order valence-corrected chi connectivity index (χ2v) is 15.3. The second kappa shape index (κ2) is 13.6. The van der Waals surface area contributed by atoms with E-state index in [1.807, 2.05) is 48.5 Å². The van der Waals surface area contributed by atoms with E-state index in [2.05, 4.69) is 26.6 Å². The monoisotopic (exact) mass is 536 g/mol. The molecule has 3 nitrogen and oxygen atoms in total. The lowest BCUT2D eigenvalue weighted by molar-refractivity contribution is -0.139. The third-order valence-corrected chi connectivity index (χ3v) is 10.6. The number of carbonyl (C=O) groups excluding carboxylic acids is 1. The van der Waals surface area contributed by atoms with E-state index < -0.39 is 32.3 Å². The molecule has 3 aromatic rings. The number of halogens is 2.